The summed E-state index contributed by atoms with van der Waals surface area (Å²) in [5.74, 6) is -0.314. The second-order valence-corrected chi connectivity index (χ2v) is 10.4. The molecule has 172 valence electrons. The third kappa shape index (κ3) is 5.92. The Morgan fingerprint density at radius 1 is 1.23 bits per heavy atom. The van der Waals surface area contributed by atoms with Gasteiger partial charge < -0.3 is 5.32 Å². The predicted octanol–water partition coefficient (Wildman–Crippen LogP) is 2.31. The number of nitro groups is 1. The number of amides is 1. The zero-order valence-corrected chi connectivity index (χ0v) is 19.1. The van der Waals surface area contributed by atoms with Crippen molar-refractivity contribution in [1.82, 2.24) is 13.5 Å². The van der Waals surface area contributed by atoms with Crippen LogP contribution in [0.4, 0.5) is 11.4 Å². The van der Waals surface area contributed by atoms with Crippen molar-refractivity contribution in [3.63, 3.8) is 0 Å². The van der Waals surface area contributed by atoms with E-state index in [1.54, 1.807) is 7.05 Å². The normalized spacial score (nSPS) is 19.5. The molecule has 1 amide bonds. The van der Waals surface area contributed by atoms with Gasteiger partial charge in [0.2, 0.25) is 5.91 Å². The number of rotatable bonds is 7. The molecule has 0 radical (unpaired) electrons. The number of carbonyl (C=O) groups excluding carboxylic acids is 1. The number of nitrogens with zero attached hydrogens (tertiary/aromatic N) is 4. The van der Waals surface area contributed by atoms with Gasteiger partial charge >= 0.3 is 0 Å². The molecule has 1 aliphatic heterocycles. The van der Waals surface area contributed by atoms with Crippen LogP contribution in [-0.2, 0) is 15.0 Å². The molecule has 31 heavy (non-hydrogen) atoms. The summed E-state index contributed by atoms with van der Waals surface area (Å²) in [6.07, 6.45) is 5.09. The van der Waals surface area contributed by atoms with Crippen molar-refractivity contribution >= 4 is 39.1 Å². The lowest BCUT2D eigenvalue weighted by Gasteiger charge is -2.38. The van der Waals surface area contributed by atoms with Gasteiger partial charge in [-0.3, -0.25) is 19.8 Å². The molecule has 1 aromatic carbocycles. The lowest BCUT2D eigenvalue weighted by molar-refractivity contribution is -0.384. The summed E-state index contributed by atoms with van der Waals surface area (Å²) < 4.78 is 28.9. The van der Waals surface area contributed by atoms with Crippen molar-refractivity contribution in [3.05, 3.63) is 33.3 Å². The van der Waals surface area contributed by atoms with E-state index in [-0.39, 0.29) is 29.2 Å². The first-order valence-electron chi connectivity index (χ1n) is 10.4. The molecule has 1 heterocycles. The summed E-state index contributed by atoms with van der Waals surface area (Å²) in [5, 5.41) is 13.5. The SMILES string of the molecule is CN(C1CCCCC1)S(=O)(=O)N1CCN(CC(=O)Nc2ccc([N+](=O)[O-])cc2Cl)CC1. The Morgan fingerprint density at radius 3 is 2.45 bits per heavy atom. The first-order valence-corrected chi connectivity index (χ1v) is 12.1. The average molecular weight is 474 g/mol. The van der Waals surface area contributed by atoms with E-state index in [0.29, 0.717) is 31.9 Å². The van der Waals surface area contributed by atoms with Gasteiger partial charge in [0, 0.05) is 51.4 Å². The standard InChI is InChI=1S/C19H28ClN5O5S/c1-22(15-5-3-2-4-6-15)31(29,30)24-11-9-23(10-12-24)14-19(26)21-18-8-7-16(25(27)28)13-17(18)20/h7-8,13,15H,2-6,9-12,14H2,1H3,(H,21,26). The number of piperazine rings is 1. The van der Waals surface area contributed by atoms with E-state index < -0.39 is 15.1 Å². The second kappa shape index (κ2) is 10.2. The molecule has 0 unspecified atom stereocenters. The summed E-state index contributed by atoms with van der Waals surface area (Å²) in [7, 11) is -1.85. The molecular formula is C19H28ClN5O5S. The second-order valence-electron chi connectivity index (χ2n) is 7.96. The summed E-state index contributed by atoms with van der Waals surface area (Å²) in [6, 6.07) is 3.91. The first kappa shape index (κ1) is 23.9. The molecule has 10 nitrogen and oxygen atoms in total. The Balaban J connectivity index is 1.50. The molecule has 2 fully saturated rings. The fourth-order valence-corrected chi connectivity index (χ4v) is 5.84. The predicted molar refractivity (Wildman–Crippen MR) is 118 cm³/mol. The van der Waals surface area contributed by atoms with Gasteiger partial charge in [-0.25, -0.2) is 0 Å². The number of anilines is 1. The van der Waals surface area contributed by atoms with Gasteiger partial charge in [0.15, 0.2) is 0 Å². The molecule has 0 aromatic heterocycles. The largest absolute Gasteiger partial charge is 0.324 e. The van der Waals surface area contributed by atoms with Crippen LogP contribution in [0.5, 0.6) is 0 Å². The molecule has 0 atom stereocenters. The molecule has 12 heteroatoms. The highest BCUT2D eigenvalue weighted by atomic mass is 35.5. The highest BCUT2D eigenvalue weighted by molar-refractivity contribution is 7.86. The van der Waals surface area contributed by atoms with E-state index in [2.05, 4.69) is 5.32 Å². The number of benzene rings is 1. The van der Waals surface area contributed by atoms with Crippen molar-refractivity contribution in [2.75, 3.05) is 45.1 Å². The topological polar surface area (TPSA) is 116 Å². The minimum Gasteiger partial charge on any atom is -0.324 e. The summed E-state index contributed by atoms with van der Waals surface area (Å²) >= 11 is 6.01. The van der Waals surface area contributed by atoms with E-state index in [1.807, 2.05) is 4.90 Å². The maximum atomic E-state index is 13.0. The van der Waals surface area contributed by atoms with Crippen LogP contribution in [0.1, 0.15) is 32.1 Å². The van der Waals surface area contributed by atoms with Gasteiger partial charge in [0.25, 0.3) is 15.9 Å². The smallest absolute Gasteiger partial charge is 0.282 e. The van der Waals surface area contributed by atoms with E-state index >= 15 is 0 Å². The minimum absolute atomic E-state index is 0.0639. The lowest BCUT2D eigenvalue weighted by Crippen LogP contribution is -2.55. The molecule has 1 saturated carbocycles. The van der Waals surface area contributed by atoms with Gasteiger partial charge in [-0.15, -0.1) is 0 Å². The zero-order chi connectivity index (χ0) is 22.6. The number of nitro benzene ring substituents is 1. The van der Waals surface area contributed by atoms with Gasteiger partial charge in [-0.05, 0) is 18.9 Å². The monoisotopic (exact) mass is 473 g/mol. The highest BCUT2D eigenvalue weighted by Gasteiger charge is 2.34. The third-order valence-electron chi connectivity index (χ3n) is 5.92. The number of carbonyl (C=O) groups is 1. The lowest BCUT2D eigenvalue weighted by atomic mass is 9.96. The highest BCUT2D eigenvalue weighted by Crippen LogP contribution is 2.27. The Hall–Kier alpha value is -1.79. The Morgan fingerprint density at radius 2 is 1.87 bits per heavy atom. The van der Waals surface area contributed by atoms with Crippen LogP contribution in [0.3, 0.4) is 0 Å². The summed E-state index contributed by atoms with van der Waals surface area (Å²) in [6.45, 7) is 1.62. The van der Waals surface area contributed by atoms with Crippen LogP contribution < -0.4 is 5.32 Å². The Bertz CT molecular complexity index is 914. The number of halogens is 1. The van der Waals surface area contributed by atoms with Crippen LogP contribution in [0.25, 0.3) is 0 Å². The quantitative estimate of drug-likeness (QED) is 0.479. The average Bonchev–Trinajstić information content (AvgIpc) is 2.75. The van der Waals surface area contributed by atoms with Crippen molar-refractivity contribution in [2.45, 2.75) is 38.1 Å². The van der Waals surface area contributed by atoms with Crippen LogP contribution in [-0.4, -0.2) is 78.6 Å². The van der Waals surface area contributed by atoms with Gasteiger partial charge in [-0.2, -0.15) is 17.0 Å². The minimum atomic E-state index is -3.51. The molecule has 1 aromatic rings. The molecular weight excluding hydrogens is 446 g/mol. The molecule has 3 rings (SSSR count). The number of non-ortho nitro benzene ring substituents is 1. The molecule has 1 N–H and O–H groups in total. The Kier molecular flexibility index (Phi) is 7.87. The van der Waals surface area contributed by atoms with Crippen LogP contribution in [0, 0.1) is 10.1 Å². The number of hydrogen-bond acceptors (Lipinski definition) is 6. The fourth-order valence-electron chi connectivity index (χ4n) is 4.05. The van der Waals surface area contributed by atoms with Crippen LogP contribution in [0.2, 0.25) is 5.02 Å². The maximum absolute atomic E-state index is 13.0. The van der Waals surface area contributed by atoms with Crippen molar-refractivity contribution in [3.8, 4) is 0 Å². The van der Waals surface area contributed by atoms with Gasteiger partial charge in [0.1, 0.15) is 0 Å². The molecule has 2 aliphatic rings. The fraction of sp³-hybridized carbons (Fsp3) is 0.632. The molecule has 1 saturated heterocycles. The van der Waals surface area contributed by atoms with Crippen molar-refractivity contribution in [1.29, 1.82) is 0 Å². The number of nitrogens with one attached hydrogen (secondary N) is 1. The van der Waals surface area contributed by atoms with E-state index in [9.17, 15) is 23.3 Å². The van der Waals surface area contributed by atoms with E-state index in [4.69, 9.17) is 11.6 Å². The zero-order valence-electron chi connectivity index (χ0n) is 17.5. The Labute approximate surface area is 187 Å². The van der Waals surface area contributed by atoms with Crippen molar-refractivity contribution < 1.29 is 18.1 Å². The van der Waals surface area contributed by atoms with E-state index in [1.165, 1.54) is 26.8 Å². The van der Waals surface area contributed by atoms with Crippen LogP contribution in [0.15, 0.2) is 18.2 Å². The van der Waals surface area contributed by atoms with Crippen LogP contribution >= 0.6 is 11.6 Å². The number of hydrogen-bond donors (Lipinski definition) is 1. The van der Waals surface area contributed by atoms with Gasteiger partial charge in [0.05, 0.1) is 22.2 Å². The summed E-state index contributed by atoms with van der Waals surface area (Å²) in [4.78, 5) is 24.5. The third-order valence-corrected chi connectivity index (χ3v) is 8.27. The van der Waals surface area contributed by atoms with Gasteiger partial charge in [-0.1, -0.05) is 30.9 Å². The first-order chi connectivity index (χ1) is 14.7. The van der Waals surface area contributed by atoms with Crippen molar-refractivity contribution in [2.24, 2.45) is 0 Å². The summed E-state index contributed by atoms with van der Waals surface area (Å²) in [5.41, 5.74) is 0.145. The molecule has 1 aliphatic carbocycles. The maximum Gasteiger partial charge on any atom is 0.282 e. The molecule has 0 bridgehead atoms. The molecule has 0 spiro atoms. The van der Waals surface area contributed by atoms with E-state index in [0.717, 1.165) is 32.1 Å².